The molecule has 0 aliphatic rings. The summed E-state index contributed by atoms with van der Waals surface area (Å²) in [4.78, 5) is 38.1. The van der Waals surface area contributed by atoms with Crippen LogP contribution in [0.1, 0.15) is 175 Å². The Morgan fingerprint density at radius 2 is 0.620 bits per heavy atom. The van der Waals surface area contributed by atoms with Crippen LogP contribution in [-0.4, -0.2) is 37.2 Å². The number of ether oxygens (including phenoxy) is 3. The molecule has 0 spiro atoms. The van der Waals surface area contributed by atoms with Crippen LogP contribution in [-0.2, 0) is 28.6 Å². The molecule has 0 heterocycles. The van der Waals surface area contributed by atoms with Gasteiger partial charge in [-0.3, -0.25) is 14.4 Å². The first-order valence-corrected chi connectivity index (χ1v) is 27.1. The molecule has 0 rings (SSSR count). The average Bonchev–Trinajstić information content (AvgIpc) is 3.37. The predicted octanol–water partition coefficient (Wildman–Crippen LogP) is 18.3. The summed E-state index contributed by atoms with van der Waals surface area (Å²) in [6, 6.07) is 0. The van der Waals surface area contributed by atoms with E-state index in [2.05, 4.69) is 81.5 Å². The third kappa shape index (κ3) is 55.1. The Bertz CT molecular complexity index is 1780. The molecule has 0 saturated heterocycles. The first kappa shape index (κ1) is 65.2. The summed E-state index contributed by atoms with van der Waals surface area (Å²) in [5, 5.41) is 0. The largest absolute Gasteiger partial charge is 0.462 e. The van der Waals surface area contributed by atoms with Crippen molar-refractivity contribution >= 4 is 17.9 Å². The molecule has 0 amide bonds. The molecular weight excluding hydrogens is 877 g/mol. The van der Waals surface area contributed by atoms with Gasteiger partial charge in [0, 0.05) is 19.3 Å². The SMILES string of the molecule is CC\C=C/C=C\C=C/C=C\C=C\C=C/C=C\CCCCCC(=O)OCC(COC(=O)CCC/C=C\C/C=C\C/C=C\CCCCCCCC)OC(=O)CCCCC\C=C/C=C/C=C\C=C/C=C\C=C/CC. The molecule has 0 bridgehead atoms. The Balaban J connectivity index is 4.71. The average molecular weight is 971 g/mol. The van der Waals surface area contributed by atoms with Crippen LogP contribution in [0.4, 0.5) is 0 Å². The van der Waals surface area contributed by atoms with E-state index in [1.54, 1.807) is 0 Å². The number of carbonyl (C=O) groups excluding carboxylic acids is 3. The predicted molar refractivity (Wildman–Crippen MR) is 306 cm³/mol. The molecule has 0 saturated carbocycles. The minimum absolute atomic E-state index is 0.148. The fourth-order valence-corrected chi connectivity index (χ4v) is 6.41. The molecule has 0 radical (unpaired) electrons. The highest BCUT2D eigenvalue weighted by atomic mass is 16.6. The summed E-state index contributed by atoms with van der Waals surface area (Å²) < 4.78 is 16.7. The minimum Gasteiger partial charge on any atom is -0.462 e. The zero-order valence-electron chi connectivity index (χ0n) is 44.4. The van der Waals surface area contributed by atoms with E-state index in [0.29, 0.717) is 19.3 Å². The van der Waals surface area contributed by atoms with Gasteiger partial charge in [-0.1, -0.05) is 260 Å². The fraction of sp³-hybridized carbons (Fsp3) is 0.462. The topological polar surface area (TPSA) is 78.9 Å². The Morgan fingerprint density at radius 1 is 0.310 bits per heavy atom. The highest BCUT2D eigenvalue weighted by Crippen LogP contribution is 2.11. The van der Waals surface area contributed by atoms with Gasteiger partial charge >= 0.3 is 17.9 Å². The van der Waals surface area contributed by atoms with Gasteiger partial charge in [-0.2, -0.15) is 0 Å². The molecule has 0 aliphatic carbocycles. The van der Waals surface area contributed by atoms with Crippen molar-refractivity contribution in [2.24, 2.45) is 0 Å². The summed E-state index contributed by atoms with van der Waals surface area (Å²) in [7, 11) is 0. The van der Waals surface area contributed by atoms with E-state index < -0.39 is 6.10 Å². The number of allylic oxidation sites excluding steroid dienone is 32. The maximum Gasteiger partial charge on any atom is 0.306 e. The maximum atomic E-state index is 12.8. The van der Waals surface area contributed by atoms with E-state index in [9.17, 15) is 14.4 Å². The van der Waals surface area contributed by atoms with Crippen LogP contribution in [0.25, 0.3) is 0 Å². The van der Waals surface area contributed by atoms with Crippen molar-refractivity contribution < 1.29 is 28.6 Å². The third-order valence-corrected chi connectivity index (χ3v) is 10.4. The molecule has 1 atom stereocenters. The lowest BCUT2D eigenvalue weighted by Gasteiger charge is -2.18. The molecule has 1 unspecified atom stereocenters. The Labute approximate surface area is 433 Å². The van der Waals surface area contributed by atoms with Crippen molar-refractivity contribution in [1.82, 2.24) is 0 Å². The van der Waals surface area contributed by atoms with Gasteiger partial charge in [0.1, 0.15) is 13.2 Å². The molecular formula is C65H94O6. The lowest BCUT2D eigenvalue weighted by atomic mass is 10.1. The van der Waals surface area contributed by atoms with Gasteiger partial charge in [0.15, 0.2) is 6.10 Å². The minimum atomic E-state index is -0.854. The standard InChI is InChI=1S/C65H94O6/c1-4-7-10-13-16-19-22-25-28-31-32-35-37-40-43-46-49-52-55-58-64(67)70-61-62(71-65(68)59-56-53-50-47-44-41-38-34-30-27-24-21-18-15-12-9-6-3)60-69-63(66)57-54-51-48-45-42-39-36-33-29-26-23-20-17-14-11-8-5-2/h7,9-10,12-13,15-16,18-19,21-22,24-32,34-41,43-45,48,62H,4-6,8,11,14,17,20,23,33,42,46-47,49-61H2,1-3H3/b10-7-,12-9-,16-13-,18-15-,22-19-,24-21-,28-25-,29-26-,30-27-,32-31+,37-35-,38-34+,39-36-,43-40-,44-41-,48-45-. The van der Waals surface area contributed by atoms with Gasteiger partial charge in [0.2, 0.25) is 0 Å². The third-order valence-electron chi connectivity index (χ3n) is 10.4. The Hall–Kier alpha value is -5.75. The highest BCUT2D eigenvalue weighted by Gasteiger charge is 2.19. The Morgan fingerprint density at radius 3 is 1.04 bits per heavy atom. The molecule has 0 aromatic carbocycles. The maximum absolute atomic E-state index is 12.8. The lowest BCUT2D eigenvalue weighted by Crippen LogP contribution is -2.30. The molecule has 0 N–H and O–H groups in total. The van der Waals surface area contributed by atoms with Gasteiger partial charge in [0.05, 0.1) is 0 Å². The first-order chi connectivity index (χ1) is 35.0. The zero-order chi connectivity index (χ0) is 51.4. The molecule has 0 aliphatic heterocycles. The number of esters is 3. The van der Waals surface area contributed by atoms with Gasteiger partial charge < -0.3 is 14.2 Å². The molecule has 0 aromatic rings. The highest BCUT2D eigenvalue weighted by molar-refractivity contribution is 5.71. The van der Waals surface area contributed by atoms with Gasteiger partial charge in [-0.15, -0.1) is 0 Å². The van der Waals surface area contributed by atoms with Crippen LogP contribution in [0.2, 0.25) is 0 Å². The summed E-state index contributed by atoms with van der Waals surface area (Å²) >= 11 is 0. The van der Waals surface area contributed by atoms with Crippen molar-refractivity contribution in [3.63, 3.8) is 0 Å². The number of hydrogen-bond acceptors (Lipinski definition) is 6. The number of rotatable bonds is 45. The number of hydrogen-bond donors (Lipinski definition) is 0. The number of unbranched alkanes of at least 4 members (excludes halogenated alkanes) is 13. The van der Waals surface area contributed by atoms with Gasteiger partial charge in [-0.25, -0.2) is 0 Å². The van der Waals surface area contributed by atoms with E-state index in [0.717, 1.165) is 70.6 Å². The van der Waals surface area contributed by atoms with E-state index >= 15 is 0 Å². The molecule has 6 heteroatoms. The van der Waals surface area contributed by atoms with E-state index in [4.69, 9.17) is 14.2 Å². The first-order valence-electron chi connectivity index (χ1n) is 27.1. The van der Waals surface area contributed by atoms with Crippen molar-refractivity contribution in [2.75, 3.05) is 13.2 Å². The van der Waals surface area contributed by atoms with Crippen molar-refractivity contribution in [1.29, 1.82) is 0 Å². The molecule has 6 nitrogen and oxygen atoms in total. The van der Waals surface area contributed by atoms with Crippen LogP contribution in [0, 0.1) is 0 Å². The number of carbonyl (C=O) groups is 3. The summed E-state index contributed by atoms with van der Waals surface area (Å²) in [6.07, 6.45) is 87.0. The van der Waals surface area contributed by atoms with E-state index in [-0.39, 0.29) is 50.4 Å². The monoisotopic (exact) mass is 971 g/mol. The normalized spacial score (nSPS) is 13.7. The fourth-order valence-electron chi connectivity index (χ4n) is 6.41. The summed E-state index contributed by atoms with van der Waals surface area (Å²) in [5.41, 5.74) is 0. The molecule has 0 aromatic heterocycles. The molecule has 390 valence electrons. The smallest absolute Gasteiger partial charge is 0.306 e. The van der Waals surface area contributed by atoms with Crippen LogP contribution < -0.4 is 0 Å². The van der Waals surface area contributed by atoms with Gasteiger partial charge in [0.25, 0.3) is 0 Å². The van der Waals surface area contributed by atoms with Crippen LogP contribution in [0.15, 0.2) is 194 Å². The zero-order valence-corrected chi connectivity index (χ0v) is 44.4. The van der Waals surface area contributed by atoms with E-state index in [1.165, 1.54) is 44.9 Å². The quantitative estimate of drug-likeness (QED) is 0.0199. The van der Waals surface area contributed by atoms with Gasteiger partial charge in [-0.05, 0) is 89.9 Å². The second-order valence-corrected chi connectivity index (χ2v) is 17.0. The molecule has 0 fully saturated rings. The Kier molecular flexibility index (Phi) is 52.2. The second-order valence-electron chi connectivity index (χ2n) is 17.0. The van der Waals surface area contributed by atoms with Crippen molar-refractivity contribution in [2.45, 2.75) is 181 Å². The van der Waals surface area contributed by atoms with Crippen LogP contribution in [0.3, 0.4) is 0 Å². The van der Waals surface area contributed by atoms with E-state index in [1.807, 2.05) is 134 Å². The van der Waals surface area contributed by atoms with Crippen LogP contribution in [0.5, 0.6) is 0 Å². The van der Waals surface area contributed by atoms with Crippen molar-refractivity contribution in [3.8, 4) is 0 Å². The molecule has 71 heavy (non-hydrogen) atoms. The summed E-state index contributed by atoms with van der Waals surface area (Å²) in [6.45, 7) is 6.18. The van der Waals surface area contributed by atoms with Crippen molar-refractivity contribution in [3.05, 3.63) is 194 Å². The second kappa shape index (κ2) is 56.8. The summed E-state index contributed by atoms with van der Waals surface area (Å²) in [5.74, 6) is -1.10. The lowest BCUT2D eigenvalue weighted by molar-refractivity contribution is -0.167. The van der Waals surface area contributed by atoms with Crippen LogP contribution >= 0.6 is 0 Å².